The van der Waals surface area contributed by atoms with E-state index in [1.165, 1.54) is 0 Å². The lowest BCUT2D eigenvalue weighted by molar-refractivity contribution is -0.120. The average molecular weight is 354 g/mol. The van der Waals surface area contributed by atoms with Gasteiger partial charge in [0.1, 0.15) is 5.75 Å². The number of carbonyl (C=O) groups is 1. The molecule has 0 aliphatic carbocycles. The number of nitrogens with one attached hydrogen (secondary N) is 1. The fraction of sp³-hybridized carbons (Fsp3) is 0.333. The number of rotatable bonds is 6. The molecule has 1 amide bonds. The molecule has 0 aliphatic rings. The van der Waals surface area contributed by atoms with Crippen LogP contribution in [-0.2, 0) is 17.6 Å². The monoisotopic (exact) mass is 354 g/mol. The van der Waals surface area contributed by atoms with Gasteiger partial charge in [0.25, 0.3) is 5.78 Å². The summed E-state index contributed by atoms with van der Waals surface area (Å²) in [4.78, 5) is 20.8. The van der Waals surface area contributed by atoms with Crippen LogP contribution in [-0.4, -0.2) is 39.1 Å². The van der Waals surface area contributed by atoms with E-state index in [2.05, 4.69) is 20.4 Å². The van der Waals surface area contributed by atoms with Crippen LogP contribution in [0, 0.1) is 13.8 Å². The number of hydrogen-bond acceptors (Lipinski definition) is 6. The molecule has 0 saturated carbocycles. The predicted octanol–water partition coefficient (Wildman–Crippen LogP) is 1.23. The van der Waals surface area contributed by atoms with E-state index in [4.69, 9.17) is 10.5 Å². The maximum Gasteiger partial charge on any atom is 0.254 e. The van der Waals surface area contributed by atoms with Crippen LogP contribution >= 0.6 is 0 Å². The van der Waals surface area contributed by atoms with E-state index < -0.39 is 0 Å². The van der Waals surface area contributed by atoms with Gasteiger partial charge in [-0.15, -0.1) is 5.10 Å². The van der Waals surface area contributed by atoms with Gasteiger partial charge in [0.05, 0.1) is 13.5 Å². The average Bonchev–Trinajstić information content (AvgIpc) is 2.99. The van der Waals surface area contributed by atoms with Crippen molar-refractivity contribution in [2.45, 2.75) is 26.7 Å². The van der Waals surface area contributed by atoms with Gasteiger partial charge in [0.2, 0.25) is 11.9 Å². The van der Waals surface area contributed by atoms with E-state index in [9.17, 15) is 4.79 Å². The maximum absolute atomic E-state index is 12.4. The molecule has 1 aromatic carbocycles. The Morgan fingerprint density at radius 3 is 2.81 bits per heavy atom. The zero-order valence-corrected chi connectivity index (χ0v) is 15.1. The molecule has 0 unspecified atom stereocenters. The highest BCUT2D eigenvalue weighted by atomic mass is 16.5. The Bertz CT molecular complexity index is 950. The second-order valence-electron chi connectivity index (χ2n) is 6.03. The second kappa shape index (κ2) is 7.38. The number of nitrogen functional groups attached to an aromatic ring is 1. The van der Waals surface area contributed by atoms with Crippen molar-refractivity contribution in [1.29, 1.82) is 0 Å². The fourth-order valence-electron chi connectivity index (χ4n) is 2.95. The molecule has 8 nitrogen and oxygen atoms in total. The standard InChI is InChI=1S/C18H22N6O2/c1-11-14(12(2)24-18(21-11)22-17(19)23-24)10-16(25)20-9-8-13-6-4-5-7-15(13)26-3/h4-7H,8-10H2,1-3H3,(H2,19,23)(H,20,25). The topological polar surface area (TPSA) is 107 Å². The van der Waals surface area contributed by atoms with E-state index in [1.54, 1.807) is 11.6 Å². The van der Waals surface area contributed by atoms with Gasteiger partial charge in [-0.3, -0.25) is 4.79 Å². The molecule has 0 saturated heterocycles. The van der Waals surface area contributed by atoms with Crippen LogP contribution in [0.5, 0.6) is 5.75 Å². The highest BCUT2D eigenvalue weighted by Gasteiger charge is 2.15. The fourth-order valence-corrected chi connectivity index (χ4v) is 2.95. The number of ether oxygens (including phenoxy) is 1. The number of hydrogen-bond donors (Lipinski definition) is 2. The minimum atomic E-state index is -0.0691. The summed E-state index contributed by atoms with van der Waals surface area (Å²) >= 11 is 0. The lowest BCUT2D eigenvalue weighted by Crippen LogP contribution is -2.28. The summed E-state index contributed by atoms with van der Waals surface area (Å²) in [7, 11) is 1.64. The van der Waals surface area contributed by atoms with Crippen LogP contribution in [0.3, 0.4) is 0 Å². The molecular formula is C18H22N6O2. The number of benzene rings is 1. The van der Waals surface area contributed by atoms with Gasteiger partial charge in [-0.25, -0.2) is 4.98 Å². The van der Waals surface area contributed by atoms with Crippen LogP contribution in [0.4, 0.5) is 5.95 Å². The quantitative estimate of drug-likeness (QED) is 0.689. The zero-order chi connectivity index (χ0) is 18.7. The molecule has 2 heterocycles. The van der Waals surface area contributed by atoms with Crippen molar-refractivity contribution in [3.8, 4) is 5.75 Å². The summed E-state index contributed by atoms with van der Waals surface area (Å²) in [5.41, 5.74) is 9.09. The molecular weight excluding hydrogens is 332 g/mol. The molecule has 0 fully saturated rings. The summed E-state index contributed by atoms with van der Waals surface area (Å²) < 4.78 is 6.90. The lowest BCUT2D eigenvalue weighted by Gasteiger charge is -2.11. The predicted molar refractivity (Wildman–Crippen MR) is 98.1 cm³/mol. The Hall–Kier alpha value is -3.16. The number of fused-ring (bicyclic) bond motifs is 1. The van der Waals surface area contributed by atoms with E-state index in [-0.39, 0.29) is 18.3 Å². The molecule has 3 aromatic rings. The van der Waals surface area contributed by atoms with Gasteiger partial charge in [-0.2, -0.15) is 9.50 Å². The van der Waals surface area contributed by atoms with Crippen LogP contribution in [0.1, 0.15) is 22.5 Å². The Morgan fingerprint density at radius 2 is 2.04 bits per heavy atom. The van der Waals surface area contributed by atoms with Gasteiger partial charge in [-0.05, 0) is 31.9 Å². The summed E-state index contributed by atoms with van der Waals surface area (Å²) in [6.45, 7) is 4.27. The van der Waals surface area contributed by atoms with E-state index in [1.807, 2.05) is 38.1 Å². The van der Waals surface area contributed by atoms with Crippen molar-refractivity contribution in [3.63, 3.8) is 0 Å². The molecule has 3 N–H and O–H groups in total. The van der Waals surface area contributed by atoms with Crippen LogP contribution in [0.15, 0.2) is 24.3 Å². The Labute approximate surface area is 151 Å². The number of aromatic nitrogens is 4. The van der Waals surface area contributed by atoms with E-state index in [0.29, 0.717) is 18.7 Å². The molecule has 0 atom stereocenters. The highest BCUT2D eigenvalue weighted by molar-refractivity contribution is 5.79. The molecule has 0 spiro atoms. The first-order valence-electron chi connectivity index (χ1n) is 8.36. The number of carbonyl (C=O) groups excluding carboxylic acids is 1. The second-order valence-corrected chi connectivity index (χ2v) is 6.03. The molecule has 8 heteroatoms. The number of anilines is 1. The maximum atomic E-state index is 12.4. The molecule has 0 aliphatic heterocycles. The molecule has 0 bridgehead atoms. The zero-order valence-electron chi connectivity index (χ0n) is 15.1. The lowest BCUT2D eigenvalue weighted by atomic mass is 10.1. The molecule has 0 radical (unpaired) electrons. The van der Waals surface area contributed by atoms with Gasteiger partial charge in [0.15, 0.2) is 0 Å². The highest BCUT2D eigenvalue weighted by Crippen LogP contribution is 2.17. The van der Waals surface area contributed by atoms with Crippen molar-refractivity contribution < 1.29 is 9.53 Å². The number of nitrogens with zero attached hydrogens (tertiary/aromatic N) is 4. The van der Waals surface area contributed by atoms with Gasteiger partial charge < -0.3 is 15.8 Å². The molecule has 26 heavy (non-hydrogen) atoms. The summed E-state index contributed by atoms with van der Waals surface area (Å²) in [6.07, 6.45) is 0.927. The third-order valence-corrected chi connectivity index (χ3v) is 4.31. The van der Waals surface area contributed by atoms with Crippen molar-refractivity contribution >= 4 is 17.6 Å². The van der Waals surface area contributed by atoms with Gasteiger partial charge >= 0.3 is 0 Å². The minimum Gasteiger partial charge on any atom is -0.496 e. The first kappa shape index (κ1) is 17.7. The van der Waals surface area contributed by atoms with Gasteiger partial charge in [0, 0.05) is 23.5 Å². The molecule has 2 aromatic heterocycles. The summed E-state index contributed by atoms with van der Waals surface area (Å²) in [6, 6.07) is 7.78. The molecule has 136 valence electrons. The largest absolute Gasteiger partial charge is 0.496 e. The number of methoxy groups -OCH3 is 1. The van der Waals surface area contributed by atoms with E-state index >= 15 is 0 Å². The van der Waals surface area contributed by atoms with Crippen molar-refractivity contribution in [2.75, 3.05) is 19.4 Å². The smallest absolute Gasteiger partial charge is 0.254 e. The molecule has 3 rings (SSSR count). The number of para-hydroxylation sites is 1. The third kappa shape index (κ3) is 3.58. The number of amides is 1. The van der Waals surface area contributed by atoms with Crippen molar-refractivity contribution in [1.82, 2.24) is 24.9 Å². The minimum absolute atomic E-state index is 0.0691. The van der Waals surface area contributed by atoms with Crippen molar-refractivity contribution in [2.24, 2.45) is 0 Å². The summed E-state index contributed by atoms with van der Waals surface area (Å²) in [5, 5.41) is 7.06. The first-order chi connectivity index (χ1) is 12.5. The van der Waals surface area contributed by atoms with Crippen LogP contribution in [0.25, 0.3) is 5.78 Å². The summed E-state index contributed by atoms with van der Waals surface area (Å²) in [5.74, 6) is 1.36. The Morgan fingerprint density at radius 1 is 1.27 bits per heavy atom. The normalized spacial score (nSPS) is 10.9. The number of nitrogens with two attached hydrogens (primary N) is 1. The third-order valence-electron chi connectivity index (χ3n) is 4.31. The SMILES string of the molecule is COc1ccccc1CCNC(=O)Cc1c(C)nc2nc(N)nn2c1C. The Balaban J connectivity index is 1.66. The van der Waals surface area contributed by atoms with Crippen LogP contribution < -0.4 is 15.8 Å². The first-order valence-corrected chi connectivity index (χ1v) is 8.36. The Kier molecular flexibility index (Phi) is 5.01. The van der Waals surface area contributed by atoms with Gasteiger partial charge in [-0.1, -0.05) is 18.2 Å². The van der Waals surface area contributed by atoms with E-state index in [0.717, 1.165) is 28.3 Å². The van der Waals surface area contributed by atoms with Crippen LogP contribution in [0.2, 0.25) is 0 Å². The van der Waals surface area contributed by atoms with Crippen molar-refractivity contribution in [3.05, 3.63) is 46.8 Å². The number of aryl methyl sites for hydroxylation is 2.